The lowest BCUT2D eigenvalue weighted by atomic mass is 9.91. The molecule has 0 heterocycles. The Morgan fingerprint density at radius 1 is 0.794 bits per heavy atom. The molecule has 3 rings (SSSR count). The Morgan fingerprint density at radius 2 is 1.29 bits per heavy atom. The molecule has 2 N–H and O–H groups in total. The molecular formula is C29H34N2O3. The molecule has 0 radical (unpaired) electrons. The standard InChI is InChI=1S/C29H34N2O3/c1-21(2)26(25-18-12-7-13-19-25)34-28(33)31-29(4,20-23-14-8-5-9-15-23)27(32)30-22(3)24-16-10-6-11-17-24/h5-19,21-22,26H,20H2,1-4H3,(H,30,32)(H,31,33)/t22-,26-,29+/m0/s1. The van der Waals surface area contributed by atoms with E-state index in [2.05, 4.69) is 10.6 Å². The maximum atomic E-state index is 13.5. The van der Waals surface area contributed by atoms with E-state index >= 15 is 0 Å². The minimum atomic E-state index is -1.21. The van der Waals surface area contributed by atoms with Gasteiger partial charge in [0.25, 0.3) is 0 Å². The van der Waals surface area contributed by atoms with Crippen LogP contribution in [0.3, 0.4) is 0 Å². The smallest absolute Gasteiger partial charge is 0.408 e. The zero-order chi connectivity index (χ0) is 24.6. The first-order chi connectivity index (χ1) is 16.3. The van der Waals surface area contributed by atoms with E-state index < -0.39 is 17.7 Å². The predicted molar refractivity (Wildman–Crippen MR) is 135 cm³/mol. The van der Waals surface area contributed by atoms with Gasteiger partial charge in [-0.15, -0.1) is 0 Å². The molecule has 34 heavy (non-hydrogen) atoms. The predicted octanol–water partition coefficient (Wildman–Crippen LogP) is 5.99. The molecule has 0 spiro atoms. The Balaban J connectivity index is 1.80. The van der Waals surface area contributed by atoms with E-state index in [9.17, 15) is 9.59 Å². The van der Waals surface area contributed by atoms with E-state index in [-0.39, 0.29) is 17.9 Å². The van der Waals surface area contributed by atoms with Crippen LogP contribution in [0.2, 0.25) is 0 Å². The number of carbonyl (C=O) groups is 2. The van der Waals surface area contributed by atoms with Gasteiger partial charge >= 0.3 is 6.09 Å². The zero-order valence-electron chi connectivity index (χ0n) is 20.3. The fourth-order valence-corrected chi connectivity index (χ4v) is 3.97. The molecule has 0 fully saturated rings. The molecule has 5 heteroatoms. The minimum Gasteiger partial charge on any atom is -0.441 e. The van der Waals surface area contributed by atoms with E-state index in [4.69, 9.17) is 4.74 Å². The van der Waals surface area contributed by atoms with Crippen molar-refractivity contribution in [3.8, 4) is 0 Å². The second kappa shape index (κ2) is 11.5. The van der Waals surface area contributed by atoms with E-state index in [0.29, 0.717) is 6.42 Å². The summed E-state index contributed by atoms with van der Waals surface area (Å²) in [5.74, 6) is -0.203. The topological polar surface area (TPSA) is 67.4 Å². The first kappa shape index (κ1) is 25.0. The second-order valence-electron chi connectivity index (χ2n) is 9.21. The van der Waals surface area contributed by atoms with Gasteiger partial charge in [0.2, 0.25) is 5.91 Å². The highest BCUT2D eigenvalue weighted by molar-refractivity contribution is 5.90. The molecule has 5 nitrogen and oxygen atoms in total. The molecule has 0 aliphatic rings. The summed E-state index contributed by atoms with van der Waals surface area (Å²) in [5.41, 5.74) is 1.64. The Kier molecular flexibility index (Phi) is 8.47. The molecule has 2 amide bonds. The molecule has 0 bridgehead atoms. The Hall–Kier alpha value is -3.60. The van der Waals surface area contributed by atoms with Crippen molar-refractivity contribution in [3.63, 3.8) is 0 Å². The van der Waals surface area contributed by atoms with E-state index in [1.165, 1.54) is 0 Å². The Morgan fingerprint density at radius 3 is 1.82 bits per heavy atom. The van der Waals surface area contributed by atoms with Crippen molar-refractivity contribution in [1.29, 1.82) is 0 Å². The quantitative estimate of drug-likeness (QED) is 0.414. The molecule has 178 valence electrons. The van der Waals surface area contributed by atoms with E-state index in [1.807, 2.05) is 112 Å². The fourth-order valence-electron chi connectivity index (χ4n) is 3.97. The van der Waals surface area contributed by atoms with Gasteiger partial charge in [-0.2, -0.15) is 0 Å². The van der Waals surface area contributed by atoms with Gasteiger partial charge in [-0.1, -0.05) is 105 Å². The molecule has 0 saturated heterocycles. The summed E-state index contributed by atoms with van der Waals surface area (Å²) in [6.07, 6.45) is -0.717. The fraction of sp³-hybridized carbons (Fsp3) is 0.310. The number of benzene rings is 3. The van der Waals surface area contributed by atoms with Crippen LogP contribution in [0.5, 0.6) is 0 Å². The first-order valence-corrected chi connectivity index (χ1v) is 11.7. The van der Waals surface area contributed by atoms with Crippen molar-refractivity contribution in [3.05, 3.63) is 108 Å². The van der Waals surface area contributed by atoms with E-state index in [1.54, 1.807) is 6.92 Å². The van der Waals surface area contributed by atoms with Crippen LogP contribution in [0.1, 0.15) is 56.5 Å². The van der Waals surface area contributed by atoms with Crippen molar-refractivity contribution in [2.75, 3.05) is 0 Å². The summed E-state index contributed by atoms with van der Waals surface area (Å²) < 4.78 is 5.84. The van der Waals surface area contributed by atoms with Crippen LogP contribution in [0.25, 0.3) is 0 Å². The monoisotopic (exact) mass is 458 g/mol. The third-order valence-corrected chi connectivity index (χ3v) is 5.89. The van der Waals surface area contributed by atoms with Gasteiger partial charge in [0.05, 0.1) is 6.04 Å². The molecule has 0 saturated carbocycles. The highest BCUT2D eigenvalue weighted by atomic mass is 16.6. The lowest BCUT2D eigenvalue weighted by molar-refractivity contribution is -0.127. The third-order valence-electron chi connectivity index (χ3n) is 5.89. The Bertz CT molecular complexity index is 1050. The average Bonchev–Trinajstić information content (AvgIpc) is 2.84. The van der Waals surface area contributed by atoms with Gasteiger partial charge in [-0.05, 0) is 36.5 Å². The third kappa shape index (κ3) is 6.70. The van der Waals surface area contributed by atoms with Crippen LogP contribution in [0.15, 0.2) is 91.0 Å². The molecule has 3 aromatic carbocycles. The second-order valence-corrected chi connectivity index (χ2v) is 9.21. The zero-order valence-corrected chi connectivity index (χ0v) is 20.3. The molecular weight excluding hydrogens is 424 g/mol. The SMILES string of the molecule is CC(C)[C@H](OC(=O)N[C@](C)(Cc1ccccc1)C(=O)N[C@@H](C)c1ccccc1)c1ccccc1. The van der Waals surface area contributed by atoms with Crippen molar-refractivity contribution in [2.45, 2.75) is 51.8 Å². The van der Waals surface area contributed by atoms with Gasteiger partial charge < -0.3 is 15.4 Å². The van der Waals surface area contributed by atoms with Crippen LogP contribution in [-0.2, 0) is 16.0 Å². The number of ether oxygens (including phenoxy) is 1. The van der Waals surface area contributed by atoms with Gasteiger partial charge in [0.15, 0.2) is 0 Å². The number of hydrogen-bond donors (Lipinski definition) is 2. The summed E-state index contributed by atoms with van der Waals surface area (Å²) in [5, 5.41) is 5.94. The van der Waals surface area contributed by atoms with Crippen molar-refractivity contribution in [1.82, 2.24) is 10.6 Å². The largest absolute Gasteiger partial charge is 0.441 e. The number of hydrogen-bond acceptors (Lipinski definition) is 3. The van der Waals surface area contributed by atoms with Crippen LogP contribution in [0.4, 0.5) is 4.79 Å². The summed E-state index contributed by atoms with van der Waals surface area (Å²) in [6, 6.07) is 28.8. The molecule has 3 aromatic rings. The summed E-state index contributed by atoms with van der Waals surface area (Å²) in [6.45, 7) is 7.67. The molecule has 0 aromatic heterocycles. The molecule has 0 aliphatic carbocycles. The van der Waals surface area contributed by atoms with Crippen molar-refractivity contribution in [2.24, 2.45) is 5.92 Å². The highest BCUT2D eigenvalue weighted by Gasteiger charge is 2.37. The molecule has 0 unspecified atom stereocenters. The first-order valence-electron chi connectivity index (χ1n) is 11.7. The lowest BCUT2D eigenvalue weighted by Gasteiger charge is -2.32. The lowest BCUT2D eigenvalue weighted by Crippen LogP contribution is -2.58. The van der Waals surface area contributed by atoms with Crippen LogP contribution in [-0.4, -0.2) is 17.5 Å². The molecule has 3 atom stereocenters. The number of nitrogens with one attached hydrogen (secondary N) is 2. The van der Waals surface area contributed by atoms with Crippen LogP contribution in [0, 0.1) is 5.92 Å². The highest BCUT2D eigenvalue weighted by Crippen LogP contribution is 2.26. The maximum Gasteiger partial charge on any atom is 0.408 e. The number of amides is 2. The summed E-state index contributed by atoms with van der Waals surface area (Å²) >= 11 is 0. The van der Waals surface area contributed by atoms with Crippen LogP contribution >= 0.6 is 0 Å². The number of rotatable bonds is 9. The minimum absolute atomic E-state index is 0.0699. The summed E-state index contributed by atoms with van der Waals surface area (Å²) in [4.78, 5) is 26.6. The van der Waals surface area contributed by atoms with Crippen molar-refractivity contribution < 1.29 is 14.3 Å². The van der Waals surface area contributed by atoms with Gasteiger partial charge in [-0.3, -0.25) is 4.79 Å². The normalized spacial score (nSPS) is 14.5. The number of carbonyl (C=O) groups excluding carboxylic acids is 2. The van der Waals surface area contributed by atoms with Gasteiger partial charge in [0, 0.05) is 6.42 Å². The van der Waals surface area contributed by atoms with Gasteiger partial charge in [-0.25, -0.2) is 4.79 Å². The molecule has 0 aliphatic heterocycles. The number of alkyl carbamates (subject to hydrolysis) is 1. The van der Waals surface area contributed by atoms with Crippen molar-refractivity contribution >= 4 is 12.0 Å². The Labute approximate surface area is 202 Å². The summed E-state index contributed by atoms with van der Waals surface area (Å²) in [7, 11) is 0. The van der Waals surface area contributed by atoms with Gasteiger partial charge in [0.1, 0.15) is 11.6 Å². The average molecular weight is 459 g/mol. The van der Waals surface area contributed by atoms with Crippen LogP contribution < -0.4 is 10.6 Å². The van der Waals surface area contributed by atoms with E-state index in [0.717, 1.165) is 16.7 Å². The maximum absolute atomic E-state index is 13.5.